The third kappa shape index (κ3) is 5.74. The molecular formula is C23H26F3N7O3. The van der Waals surface area contributed by atoms with Gasteiger partial charge in [0.2, 0.25) is 5.95 Å². The Labute approximate surface area is 204 Å². The van der Waals surface area contributed by atoms with Gasteiger partial charge in [-0.1, -0.05) is 6.92 Å². The number of alkyl halides is 2. The highest BCUT2D eigenvalue weighted by Gasteiger charge is 2.22. The zero-order valence-corrected chi connectivity index (χ0v) is 19.8. The number of anilines is 1. The maximum absolute atomic E-state index is 14.6. The first-order chi connectivity index (χ1) is 17.2. The van der Waals surface area contributed by atoms with Crippen LogP contribution in [-0.4, -0.2) is 65.1 Å². The first-order valence-electron chi connectivity index (χ1n) is 11.4. The molecule has 1 saturated heterocycles. The molecule has 0 atom stereocenters. The molecule has 13 heteroatoms. The summed E-state index contributed by atoms with van der Waals surface area (Å²) in [6.07, 6.45) is 0. The number of nitrogens with one attached hydrogen (secondary N) is 3. The fourth-order valence-corrected chi connectivity index (χ4v) is 4.01. The van der Waals surface area contributed by atoms with Crippen LogP contribution < -0.4 is 26.0 Å². The lowest BCUT2D eigenvalue weighted by atomic mass is 10.1. The monoisotopic (exact) mass is 505 g/mol. The number of carbonyl (C=O) groups is 1. The molecule has 192 valence electrons. The van der Waals surface area contributed by atoms with Crippen molar-refractivity contribution in [2.24, 2.45) is 0 Å². The molecule has 1 aliphatic rings. The van der Waals surface area contributed by atoms with E-state index in [1.165, 1.54) is 25.1 Å². The van der Waals surface area contributed by atoms with Gasteiger partial charge in [0.25, 0.3) is 11.5 Å². The van der Waals surface area contributed by atoms with Crippen molar-refractivity contribution in [2.75, 3.05) is 37.6 Å². The number of hydrazine groups is 1. The molecule has 36 heavy (non-hydrogen) atoms. The number of H-pyrrole nitrogens is 1. The minimum Gasteiger partial charge on any atom is -0.432 e. The van der Waals surface area contributed by atoms with Crippen molar-refractivity contribution in [1.82, 2.24) is 30.7 Å². The Balaban J connectivity index is 1.45. The summed E-state index contributed by atoms with van der Waals surface area (Å²) in [5, 5.41) is 0. The van der Waals surface area contributed by atoms with Crippen molar-refractivity contribution in [2.45, 2.75) is 27.0 Å². The van der Waals surface area contributed by atoms with E-state index in [-0.39, 0.29) is 22.7 Å². The molecule has 3 N–H and O–H groups in total. The molecule has 0 spiro atoms. The van der Waals surface area contributed by atoms with Crippen molar-refractivity contribution in [1.29, 1.82) is 0 Å². The Morgan fingerprint density at radius 1 is 1.19 bits per heavy atom. The first-order valence-corrected chi connectivity index (χ1v) is 11.4. The van der Waals surface area contributed by atoms with E-state index in [0.29, 0.717) is 56.0 Å². The molecular weight excluding hydrogens is 479 g/mol. The largest absolute Gasteiger partial charge is 0.432 e. The van der Waals surface area contributed by atoms with Gasteiger partial charge in [-0.05, 0) is 36.8 Å². The zero-order chi connectivity index (χ0) is 25.8. The molecule has 4 rings (SSSR count). The number of ether oxygens (including phenoxy) is 1. The minimum atomic E-state index is -3.04. The van der Waals surface area contributed by atoms with Crippen molar-refractivity contribution < 1.29 is 22.7 Å². The number of hydrogen-bond acceptors (Lipinski definition) is 8. The van der Waals surface area contributed by atoms with Gasteiger partial charge < -0.3 is 14.6 Å². The Morgan fingerprint density at radius 3 is 2.61 bits per heavy atom. The Kier molecular flexibility index (Phi) is 7.70. The highest BCUT2D eigenvalue weighted by molar-refractivity contribution is 5.92. The molecule has 3 aromatic rings. The van der Waals surface area contributed by atoms with E-state index in [4.69, 9.17) is 0 Å². The number of hydrogen-bond donors (Lipinski definition) is 3. The molecule has 2 aromatic heterocycles. The first kappa shape index (κ1) is 25.4. The van der Waals surface area contributed by atoms with Crippen LogP contribution in [0.25, 0.3) is 11.0 Å². The number of nitrogens with zero attached hydrogens (tertiary/aromatic N) is 4. The van der Waals surface area contributed by atoms with E-state index in [1.54, 1.807) is 6.07 Å². The summed E-state index contributed by atoms with van der Waals surface area (Å²) in [5.74, 6) is -1.37. The van der Waals surface area contributed by atoms with Crippen LogP contribution >= 0.6 is 0 Å². The predicted octanol–water partition coefficient (Wildman–Crippen LogP) is 1.94. The second-order valence-electron chi connectivity index (χ2n) is 8.27. The molecule has 1 amide bonds. The lowest BCUT2D eigenvalue weighted by molar-refractivity contribution is -0.0489. The standard InChI is InChI=1S/C23H26F3N7O3/c1-3-27-31-22(35)15-4-5-17(20(24)29-15)33-8-6-32(7-9-33)12-14-10-16-19(18(11-14)36-23(25)26)28-13(2)21(34)30-16/h4-5,10-11,23,27H,3,6-9,12H2,1-2H3,(H,30,34)(H,31,35). The van der Waals surface area contributed by atoms with Gasteiger partial charge >= 0.3 is 6.61 Å². The van der Waals surface area contributed by atoms with Crippen molar-refractivity contribution in [3.05, 3.63) is 57.5 Å². The Morgan fingerprint density at radius 2 is 1.94 bits per heavy atom. The van der Waals surface area contributed by atoms with Crippen LogP contribution in [0.5, 0.6) is 5.75 Å². The number of piperazine rings is 1. The fourth-order valence-electron chi connectivity index (χ4n) is 4.01. The lowest BCUT2D eigenvalue weighted by Gasteiger charge is -2.36. The summed E-state index contributed by atoms with van der Waals surface area (Å²) >= 11 is 0. The number of aryl methyl sites for hydroxylation is 1. The van der Waals surface area contributed by atoms with Gasteiger partial charge in [0.15, 0.2) is 5.75 Å². The summed E-state index contributed by atoms with van der Waals surface area (Å²) in [5.41, 5.74) is 6.22. The lowest BCUT2D eigenvalue weighted by Crippen LogP contribution is -2.46. The number of aromatic amines is 1. The van der Waals surface area contributed by atoms with Crippen LogP contribution in [-0.2, 0) is 6.54 Å². The Bertz CT molecular complexity index is 1310. The normalized spacial score (nSPS) is 14.4. The topological polar surface area (TPSA) is 115 Å². The molecule has 3 heterocycles. The molecule has 0 aliphatic carbocycles. The third-order valence-corrected chi connectivity index (χ3v) is 5.77. The summed E-state index contributed by atoms with van der Waals surface area (Å²) in [6, 6.07) is 6.18. The highest BCUT2D eigenvalue weighted by atomic mass is 19.3. The van der Waals surface area contributed by atoms with Crippen molar-refractivity contribution >= 4 is 22.6 Å². The summed E-state index contributed by atoms with van der Waals surface area (Å²) in [6.45, 7) is 3.30. The molecule has 0 saturated carbocycles. The number of pyridine rings is 1. The average Bonchev–Trinajstić information content (AvgIpc) is 2.84. The third-order valence-electron chi connectivity index (χ3n) is 5.77. The van der Waals surface area contributed by atoms with Crippen LogP contribution in [0.1, 0.15) is 28.7 Å². The van der Waals surface area contributed by atoms with E-state index in [0.717, 1.165) is 0 Å². The van der Waals surface area contributed by atoms with Gasteiger partial charge in [-0.25, -0.2) is 15.4 Å². The van der Waals surface area contributed by atoms with Gasteiger partial charge in [0.05, 0.1) is 11.2 Å². The quantitative estimate of drug-likeness (QED) is 0.314. The SMILES string of the molecule is CCNNC(=O)c1ccc(N2CCN(Cc3cc(OC(F)F)c4nc(C)c(=O)[nH]c4c3)CC2)c(F)n1. The molecule has 1 aromatic carbocycles. The highest BCUT2D eigenvalue weighted by Crippen LogP contribution is 2.27. The predicted molar refractivity (Wildman–Crippen MR) is 127 cm³/mol. The smallest absolute Gasteiger partial charge is 0.387 e. The second kappa shape index (κ2) is 10.9. The number of carbonyl (C=O) groups excluding carboxylic acids is 1. The van der Waals surface area contributed by atoms with E-state index in [9.17, 15) is 22.8 Å². The number of halogens is 3. The van der Waals surface area contributed by atoms with Gasteiger partial charge in [0, 0.05) is 39.3 Å². The van der Waals surface area contributed by atoms with Crippen LogP contribution in [0.3, 0.4) is 0 Å². The van der Waals surface area contributed by atoms with E-state index >= 15 is 0 Å². The van der Waals surface area contributed by atoms with E-state index < -0.39 is 24.0 Å². The van der Waals surface area contributed by atoms with Crippen LogP contribution in [0.2, 0.25) is 0 Å². The van der Waals surface area contributed by atoms with Crippen LogP contribution in [0, 0.1) is 12.9 Å². The molecule has 0 bridgehead atoms. The van der Waals surface area contributed by atoms with Crippen molar-refractivity contribution in [3.8, 4) is 5.75 Å². The van der Waals surface area contributed by atoms with Gasteiger partial charge in [-0.15, -0.1) is 0 Å². The Hall–Kier alpha value is -3.71. The second-order valence-corrected chi connectivity index (χ2v) is 8.27. The molecule has 10 nitrogen and oxygen atoms in total. The van der Waals surface area contributed by atoms with E-state index in [2.05, 4.69) is 35.4 Å². The summed E-state index contributed by atoms with van der Waals surface area (Å²) in [7, 11) is 0. The summed E-state index contributed by atoms with van der Waals surface area (Å²) < 4.78 is 45.3. The molecule has 0 radical (unpaired) electrons. The number of rotatable bonds is 8. The number of benzene rings is 1. The molecule has 1 fully saturated rings. The zero-order valence-electron chi connectivity index (χ0n) is 19.8. The van der Waals surface area contributed by atoms with Crippen LogP contribution in [0.4, 0.5) is 18.9 Å². The summed E-state index contributed by atoms with van der Waals surface area (Å²) in [4.78, 5) is 38.4. The van der Waals surface area contributed by atoms with E-state index in [1.807, 2.05) is 11.8 Å². The number of fused-ring (bicyclic) bond motifs is 1. The van der Waals surface area contributed by atoms with Gasteiger partial charge in [-0.3, -0.25) is 19.9 Å². The van der Waals surface area contributed by atoms with Crippen molar-refractivity contribution in [3.63, 3.8) is 0 Å². The minimum absolute atomic E-state index is 0.0308. The number of amides is 1. The van der Waals surface area contributed by atoms with Gasteiger partial charge in [-0.2, -0.15) is 13.2 Å². The maximum Gasteiger partial charge on any atom is 0.387 e. The number of aromatic nitrogens is 3. The molecule has 0 unspecified atom stereocenters. The fraction of sp³-hybridized carbons (Fsp3) is 0.391. The van der Waals surface area contributed by atoms with Gasteiger partial charge in [0.1, 0.15) is 16.9 Å². The maximum atomic E-state index is 14.6. The average molecular weight is 506 g/mol. The molecule has 1 aliphatic heterocycles. The van der Waals surface area contributed by atoms with Crippen LogP contribution in [0.15, 0.2) is 29.1 Å².